The van der Waals surface area contributed by atoms with Gasteiger partial charge in [-0.05, 0) is 37.1 Å². The first-order chi connectivity index (χ1) is 10.00. The minimum atomic E-state index is -2.98. The van der Waals surface area contributed by atoms with E-state index in [1.54, 1.807) is 24.3 Å². The molecule has 0 spiro atoms. The predicted molar refractivity (Wildman–Crippen MR) is 81.4 cm³/mol. The van der Waals surface area contributed by atoms with E-state index < -0.39 is 9.84 Å². The normalized spacial score (nSPS) is 20.1. The van der Waals surface area contributed by atoms with E-state index in [0.717, 1.165) is 18.6 Å². The lowest BCUT2D eigenvalue weighted by Gasteiger charge is -2.11. The van der Waals surface area contributed by atoms with Crippen LogP contribution in [0.2, 0.25) is 0 Å². The Kier molecular flexibility index (Phi) is 5.22. The Balaban J connectivity index is 1.88. The fourth-order valence-corrected chi connectivity index (χ4v) is 3.89. The Morgan fingerprint density at radius 2 is 2.05 bits per heavy atom. The van der Waals surface area contributed by atoms with E-state index in [1.807, 2.05) is 0 Å². The molecule has 21 heavy (non-hydrogen) atoms. The minimum absolute atomic E-state index is 0.0386. The van der Waals surface area contributed by atoms with Crippen molar-refractivity contribution >= 4 is 15.7 Å². The van der Waals surface area contributed by atoms with Gasteiger partial charge in [0.2, 0.25) is 0 Å². The second kappa shape index (κ2) is 6.93. The van der Waals surface area contributed by atoms with Crippen LogP contribution in [0.3, 0.4) is 0 Å². The number of unbranched alkanes of at least 4 members (excludes halogenated alkanes) is 1. The summed E-state index contributed by atoms with van der Waals surface area (Å²) in [7, 11) is -2.98. The van der Waals surface area contributed by atoms with Gasteiger partial charge in [0.05, 0.1) is 18.1 Å². The first-order valence-electron chi connectivity index (χ1n) is 7.24. The van der Waals surface area contributed by atoms with Crippen LogP contribution in [0.25, 0.3) is 0 Å². The third-order valence-electron chi connectivity index (χ3n) is 3.45. The zero-order valence-corrected chi connectivity index (χ0v) is 13.0. The number of nitrogens with one attached hydrogen (secondary N) is 1. The Hall–Kier alpha value is -1.56. The summed E-state index contributed by atoms with van der Waals surface area (Å²) in [5, 5.41) is 2.76. The number of rotatable bonds is 6. The molecule has 1 aliphatic rings. The number of carbonyl (C=O) groups is 1. The van der Waals surface area contributed by atoms with Gasteiger partial charge in [0.25, 0.3) is 5.91 Å². The summed E-state index contributed by atoms with van der Waals surface area (Å²) >= 11 is 0. The molecular formula is C15H21NO4S. The van der Waals surface area contributed by atoms with Crippen LogP contribution < -0.4 is 10.1 Å². The van der Waals surface area contributed by atoms with E-state index in [0.29, 0.717) is 18.6 Å². The summed E-state index contributed by atoms with van der Waals surface area (Å²) in [4.78, 5) is 12.0. The molecule has 0 radical (unpaired) electrons. The van der Waals surface area contributed by atoms with Crippen LogP contribution in [0.15, 0.2) is 24.3 Å². The number of ether oxygens (including phenoxy) is 1. The topological polar surface area (TPSA) is 72.5 Å². The molecule has 1 atom stereocenters. The highest BCUT2D eigenvalue weighted by Gasteiger charge is 2.29. The third-order valence-corrected chi connectivity index (χ3v) is 5.22. The zero-order chi connectivity index (χ0) is 15.3. The maximum Gasteiger partial charge on any atom is 0.251 e. The van der Waals surface area contributed by atoms with Crippen molar-refractivity contribution < 1.29 is 17.9 Å². The molecule has 0 unspecified atom stereocenters. The highest BCUT2D eigenvalue weighted by Crippen LogP contribution is 2.15. The van der Waals surface area contributed by atoms with Gasteiger partial charge >= 0.3 is 0 Å². The summed E-state index contributed by atoms with van der Waals surface area (Å²) in [6.07, 6.45) is 2.56. The van der Waals surface area contributed by atoms with Crippen molar-refractivity contribution in [3.05, 3.63) is 29.8 Å². The summed E-state index contributed by atoms with van der Waals surface area (Å²) in [6, 6.07) is 6.63. The first-order valence-corrected chi connectivity index (χ1v) is 9.06. The van der Waals surface area contributed by atoms with Gasteiger partial charge in [0.15, 0.2) is 9.84 Å². The molecule has 1 aromatic carbocycles. The molecule has 0 saturated carbocycles. The molecule has 1 amide bonds. The predicted octanol–water partition coefficient (Wildman–Crippen LogP) is 1.78. The second-order valence-corrected chi connectivity index (χ2v) is 7.53. The molecule has 0 bridgehead atoms. The maximum absolute atomic E-state index is 12.0. The van der Waals surface area contributed by atoms with E-state index in [2.05, 4.69) is 12.2 Å². The Labute approximate surface area is 125 Å². The van der Waals surface area contributed by atoms with Crippen molar-refractivity contribution in [2.24, 2.45) is 0 Å². The van der Waals surface area contributed by atoms with Crippen molar-refractivity contribution in [1.29, 1.82) is 0 Å². The first kappa shape index (κ1) is 15.8. The van der Waals surface area contributed by atoms with Crippen molar-refractivity contribution in [1.82, 2.24) is 5.32 Å². The summed E-state index contributed by atoms with van der Waals surface area (Å²) in [6.45, 7) is 2.77. The summed E-state index contributed by atoms with van der Waals surface area (Å²) < 4.78 is 28.3. The molecular weight excluding hydrogens is 290 g/mol. The van der Waals surface area contributed by atoms with Gasteiger partial charge in [-0.15, -0.1) is 0 Å². The molecule has 6 heteroatoms. The number of amides is 1. The van der Waals surface area contributed by atoms with Gasteiger partial charge in [-0.1, -0.05) is 13.3 Å². The van der Waals surface area contributed by atoms with Gasteiger partial charge in [0.1, 0.15) is 5.75 Å². The van der Waals surface area contributed by atoms with E-state index in [1.165, 1.54) is 0 Å². The lowest BCUT2D eigenvalue weighted by atomic mass is 10.2. The van der Waals surface area contributed by atoms with Crippen molar-refractivity contribution in [3.63, 3.8) is 0 Å². The van der Waals surface area contributed by atoms with Crippen LogP contribution in [0.1, 0.15) is 36.5 Å². The lowest BCUT2D eigenvalue weighted by molar-refractivity contribution is 0.0941. The number of benzene rings is 1. The molecule has 1 aliphatic heterocycles. The molecule has 116 valence electrons. The third kappa shape index (κ3) is 4.74. The highest BCUT2D eigenvalue weighted by atomic mass is 32.2. The summed E-state index contributed by atoms with van der Waals surface area (Å²) in [5.74, 6) is 0.694. The SMILES string of the molecule is CCCCOc1ccc(C(=O)N[C@@H]2CCS(=O)(=O)C2)cc1. The lowest BCUT2D eigenvalue weighted by Crippen LogP contribution is -2.35. The average molecular weight is 311 g/mol. The minimum Gasteiger partial charge on any atom is -0.494 e. The fourth-order valence-electron chi connectivity index (χ4n) is 2.21. The van der Waals surface area contributed by atoms with Crippen LogP contribution in [0.4, 0.5) is 0 Å². The van der Waals surface area contributed by atoms with E-state index in [-0.39, 0.29) is 23.5 Å². The maximum atomic E-state index is 12.0. The molecule has 1 saturated heterocycles. The quantitative estimate of drug-likeness (QED) is 0.813. The fraction of sp³-hybridized carbons (Fsp3) is 0.533. The molecule has 1 fully saturated rings. The Morgan fingerprint density at radius 1 is 1.33 bits per heavy atom. The summed E-state index contributed by atoms with van der Waals surface area (Å²) in [5.41, 5.74) is 0.516. The Bertz CT molecular complexity index is 580. The zero-order valence-electron chi connectivity index (χ0n) is 12.2. The average Bonchev–Trinajstić information content (AvgIpc) is 2.79. The monoisotopic (exact) mass is 311 g/mol. The molecule has 0 aliphatic carbocycles. The Morgan fingerprint density at radius 3 is 2.62 bits per heavy atom. The second-order valence-electron chi connectivity index (χ2n) is 5.30. The molecule has 0 aromatic heterocycles. The molecule has 5 nitrogen and oxygen atoms in total. The van der Waals surface area contributed by atoms with E-state index in [9.17, 15) is 13.2 Å². The number of sulfone groups is 1. The van der Waals surface area contributed by atoms with Crippen LogP contribution in [-0.2, 0) is 9.84 Å². The number of hydrogen-bond acceptors (Lipinski definition) is 4. The number of carbonyl (C=O) groups excluding carboxylic acids is 1. The van der Waals surface area contributed by atoms with Crippen molar-refractivity contribution in [2.45, 2.75) is 32.2 Å². The molecule has 1 heterocycles. The molecule has 2 rings (SSSR count). The largest absolute Gasteiger partial charge is 0.494 e. The van der Waals surface area contributed by atoms with Gasteiger partial charge < -0.3 is 10.1 Å². The smallest absolute Gasteiger partial charge is 0.251 e. The molecule has 1 N–H and O–H groups in total. The number of hydrogen-bond donors (Lipinski definition) is 1. The van der Waals surface area contributed by atoms with E-state index in [4.69, 9.17) is 4.74 Å². The van der Waals surface area contributed by atoms with Crippen molar-refractivity contribution in [3.8, 4) is 5.75 Å². The molecule has 1 aromatic rings. The standard InChI is InChI=1S/C15H21NO4S/c1-2-3-9-20-14-6-4-12(5-7-14)15(17)16-13-8-10-21(18,19)11-13/h4-7,13H,2-3,8-11H2,1H3,(H,16,17)/t13-/m1/s1. The van der Waals surface area contributed by atoms with Gasteiger partial charge in [-0.2, -0.15) is 0 Å². The van der Waals surface area contributed by atoms with Crippen LogP contribution in [-0.4, -0.2) is 38.5 Å². The van der Waals surface area contributed by atoms with Crippen molar-refractivity contribution in [2.75, 3.05) is 18.1 Å². The van der Waals surface area contributed by atoms with Crippen LogP contribution >= 0.6 is 0 Å². The van der Waals surface area contributed by atoms with Crippen LogP contribution in [0.5, 0.6) is 5.75 Å². The van der Waals surface area contributed by atoms with Gasteiger partial charge in [-0.25, -0.2) is 8.42 Å². The van der Waals surface area contributed by atoms with Crippen LogP contribution in [0, 0.1) is 0 Å². The van der Waals surface area contributed by atoms with Gasteiger partial charge in [0, 0.05) is 11.6 Å². The van der Waals surface area contributed by atoms with E-state index >= 15 is 0 Å². The van der Waals surface area contributed by atoms with Gasteiger partial charge in [-0.3, -0.25) is 4.79 Å². The highest BCUT2D eigenvalue weighted by molar-refractivity contribution is 7.91.